The molecular formula is C17H18FNO. The second-order valence-corrected chi connectivity index (χ2v) is 5.27. The highest BCUT2D eigenvalue weighted by atomic mass is 19.1. The topological polar surface area (TPSA) is 23.5 Å². The number of halogens is 1. The van der Waals surface area contributed by atoms with Crippen LogP contribution in [0, 0.1) is 5.82 Å². The van der Waals surface area contributed by atoms with E-state index in [0.717, 1.165) is 25.1 Å². The van der Waals surface area contributed by atoms with E-state index in [1.807, 2.05) is 23.1 Å². The maximum absolute atomic E-state index is 14.3. The Bertz CT molecular complexity index is 624. The smallest absolute Gasteiger partial charge is 0.147 e. The second-order valence-electron chi connectivity index (χ2n) is 5.27. The van der Waals surface area contributed by atoms with E-state index in [0.29, 0.717) is 11.3 Å². The fourth-order valence-corrected chi connectivity index (χ4v) is 2.79. The van der Waals surface area contributed by atoms with E-state index in [1.54, 1.807) is 19.1 Å². The summed E-state index contributed by atoms with van der Waals surface area (Å²) in [6, 6.07) is 13.1. The number of para-hydroxylation sites is 1. The van der Waals surface area contributed by atoms with Gasteiger partial charge in [-0.2, -0.15) is 0 Å². The summed E-state index contributed by atoms with van der Waals surface area (Å²) in [5, 5.41) is 9.53. The third-order valence-corrected chi connectivity index (χ3v) is 3.86. The lowest BCUT2D eigenvalue weighted by molar-refractivity contribution is 0.199. The number of aliphatic hydroxyl groups is 1. The van der Waals surface area contributed by atoms with Gasteiger partial charge >= 0.3 is 0 Å². The van der Waals surface area contributed by atoms with Gasteiger partial charge in [-0.25, -0.2) is 4.39 Å². The highest BCUT2D eigenvalue weighted by Crippen LogP contribution is 2.35. The molecule has 2 aromatic rings. The van der Waals surface area contributed by atoms with Gasteiger partial charge in [0.1, 0.15) is 5.82 Å². The van der Waals surface area contributed by atoms with E-state index in [9.17, 15) is 9.50 Å². The van der Waals surface area contributed by atoms with Gasteiger partial charge in [0.25, 0.3) is 0 Å². The van der Waals surface area contributed by atoms with Crippen LogP contribution in [0.2, 0.25) is 0 Å². The molecule has 0 aromatic heterocycles. The first-order valence-corrected chi connectivity index (χ1v) is 7.00. The van der Waals surface area contributed by atoms with Crippen molar-refractivity contribution in [1.29, 1.82) is 0 Å². The monoisotopic (exact) mass is 271 g/mol. The molecule has 2 aromatic carbocycles. The molecule has 1 atom stereocenters. The van der Waals surface area contributed by atoms with E-state index >= 15 is 0 Å². The number of hydrogen-bond acceptors (Lipinski definition) is 2. The van der Waals surface area contributed by atoms with Crippen molar-refractivity contribution in [2.45, 2.75) is 25.9 Å². The van der Waals surface area contributed by atoms with Crippen molar-refractivity contribution < 1.29 is 9.50 Å². The molecule has 3 heteroatoms. The number of benzene rings is 2. The van der Waals surface area contributed by atoms with Gasteiger partial charge in [0.2, 0.25) is 0 Å². The van der Waals surface area contributed by atoms with Crippen molar-refractivity contribution in [2.75, 3.05) is 11.4 Å². The van der Waals surface area contributed by atoms with Crippen LogP contribution in [0.25, 0.3) is 0 Å². The Kier molecular flexibility index (Phi) is 3.45. The van der Waals surface area contributed by atoms with Crippen molar-refractivity contribution in [3.63, 3.8) is 0 Å². The lowest BCUT2D eigenvalue weighted by Crippen LogP contribution is -2.25. The molecule has 3 rings (SSSR count). The fourth-order valence-electron chi connectivity index (χ4n) is 2.79. The van der Waals surface area contributed by atoms with Crippen LogP contribution in [0.3, 0.4) is 0 Å². The summed E-state index contributed by atoms with van der Waals surface area (Å²) in [6.07, 6.45) is 1.42. The summed E-state index contributed by atoms with van der Waals surface area (Å²) in [6.45, 7) is 2.46. The van der Waals surface area contributed by atoms with Gasteiger partial charge in [0.05, 0.1) is 11.8 Å². The van der Waals surface area contributed by atoms with Crippen LogP contribution in [0.15, 0.2) is 42.5 Å². The largest absolute Gasteiger partial charge is 0.389 e. The van der Waals surface area contributed by atoms with Crippen molar-refractivity contribution in [2.24, 2.45) is 0 Å². The molecule has 20 heavy (non-hydrogen) atoms. The number of rotatable bonds is 2. The fraction of sp³-hybridized carbons (Fsp3) is 0.294. The lowest BCUT2D eigenvalue weighted by Gasteiger charge is -2.31. The number of fused-ring (bicyclic) bond motifs is 1. The quantitative estimate of drug-likeness (QED) is 0.893. The van der Waals surface area contributed by atoms with E-state index in [-0.39, 0.29) is 5.82 Å². The van der Waals surface area contributed by atoms with Gasteiger partial charge in [0, 0.05) is 12.2 Å². The minimum absolute atomic E-state index is 0.278. The minimum atomic E-state index is -0.646. The molecule has 0 aliphatic carbocycles. The molecule has 0 radical (unpaired) electrons. The standard InChI is InChI=1S/C17H18FNO/c1-12(20)14-8-9-17(15(18)11-14)19-10-4-6-13-5-2-3-7-16(13)19/h2-3,5,7-9,11-12,20H,4,6,10H2,1H3/t12-/m0/s1. The molecule has 1 N–H and O–H groups in total. The summed E-state index contributed by atoms with van der Waals surface area (Å²) in [7, 11) is 0. The predicted molar refractivity (Wildman–Crippen MR) is 78.8 cm³/mol. The number of anilines is 2. The van der Waals surface area contributed by atoms with E-state index < -0.39 is 6.10 Å². The first kappa shape index (κ1) is 13.1. The van der Waals surface area contributed by atoms with Crippen molar-refractivity contribution in [1.82, 2.24) is 0 Å². The zero-order valence-corrected chi connectivity index (χ0v) is 11.5. The molecule has 1 aliphatic rings. The average molecular weight is 271 g/mol. The number of aryl methyl sites for hydroxylation is 1. The Morgan fingerprint density at radius 2 is 1.95 bits per heavy atom. The van der Waals surface area contributed by atoms with Crippen LogP contribution in [0.5, 0.6) is 0 Å². The van der Waals surface area contributed by atoms with E-state index in [1.165, 1.54) is 11.6 Å². The summed E-state index contributed by atoms with van der Waals surface area (Å²) < 4.78 is 14.3. The number of aliphatic hydroxyl groups excluding tert-OH is 1. The average Bonchev–Trinajstić information content (AvgIpc) is 2.46. The minimum Gasteiger partial charge on any atom is -0.389 e. The predicted octanol–water partition coefficient (Wildman–Crippen LogP) is 3.96. The molecule has 1 aliphatic heterocycles. The van der Waals surface area contributed by atoms with Crippen molar-refractivity contribution in [3.05, 3.63) is 59.4 Å². The van der Waals surface area contributed by atoms with Crippen LogP contribution >= 0.6 is 0 Å². The first-order chi connectivity index (χ1) is 9.66. The summed E-state index contributed by atoms with van der Waals surface area (Å²) in [5.41, 5.74) is 3.54. The SMILES string of the molecule is C[C@H](O)c1ccc(N2CCCc3ccccc32)c(F)c1. The zero-order chi connectivity index (χ0) is 14.1. The summed E-state index contributed by atoms with van der Waals surface area (Å²) >= 11 is 0. The molecular weight excluding hydrogens is 253 g/mol. The van der Waals surface area contributed by atoms with Crippen LogP contribution < -0.4 is 4.90 Å². The molecule has 2 nitrogen and oxygen atoms in total. The van der Waals surface area contributed by atoms with Gasteiger partial charge in [-0.05, 0) is 49.1 Å². The van der Waals surface area contributed by atoms with Crippen molar-refractivity contribution >= 4 is 11.4 Å². The normalized spacial score (nSPS) is 15.8. The molecule has 0 bridgehead atoms. The third-order valence-electron chi connectivity index (χ3n) is 3.86. The van der Waals surface area contributed by atoms with Crippen LogP contribution in [-0.4, -0.2) is 11.7 Å². The molecule has 0 saturated heterocycles. The maximum Gasteiger partial charge on any atom is 0.147 e. The molecule has 0 unspecified atom stereocenters. The molecule has 0 spiro atoms. The van der Waals surface area contributed by atoms with E-state index in [2.05, 4.69) is 6.07 Å². The Morgan fingerprint density at radius 1 is 1.15 bits per heavy atom. The van der Waals surface area contributed by atoms with Crippen LogP contribution in [-0.2, 0) is 6.42 Å². The third kappa shape index (κ3) is 2.29. The molecule has 0 fully saturated rings. The van der Waals surface area contributed by atoms with E-state index in [4.69, 9.17) is 0 Å². The van der Waals surface area contributed by atoms with Gasteiger partial charge in [-0.3, -0.25) is 0 Å². The summed E-state index contributed by atoms with van der Waals surface area (Å²) in [4.78, 5) is 2.03. The summed E-state index contributed by atoms with van der Waals surface area (Å²) in [5.74, 6) is -0.278. The van der Waals surface area contributed by atoms with Crippen LogP contribution in [0.1, 0.15) is 30.6 Å². The zero-order valence-electron chi connectivity index (χ0n) is 11.5. The Hall–Kier alpha value is -1.87. The lowest BCUT2D eigenvalue weighted by atomic mass is 10.0. The number of nitrogens with zero attached hydrogens (tertiary/aromatic N) is 1. The highest BCUT2D eigenvalue weighted by molar-refractivity contribution is 5.68. The Labute approximate surface area is 118 Å². The van der Waals surface area contributed by atoms with Crippen LogP contribution in [0.4, 0.5) is 15.8 Å². The Balaban J connectivity index is 2.02. The van der Waals surface area contributed by atoms with Gasteiger partial charge in [-0.15, -0.1) is 0 Å². The molecule has 104 valence electrons. The second kappa shape index (κ2) is 5.25. The number of hydrogen-bond donors (Lipinski definition) is 1. The maximum atomic E-state index is 14.3. The first-order valence-electron chi connectivity index (χ1n) is 7.00. The van der Waals surface area contributed by atoms with Crippen molar-refractivity contribution in [3.8, 4) is 0 Å². The Morgan fingerprint density at radius 3 is 2.70 bits per heavy atom. The molecule has 1 heterocycles. The van der Waals surface area contributed by atoms with Gasteiger partial charge < -0.3 is 10.0 Å². The highest BCUT2D eigenvalue weighted by Gasteiger charge is 2.20. The molecule has 0 saturated carbocycles. The van der Waals surface area contributed by atoms with Gasteiger partial charge in [-0.1, -0.05) is 24.3 Å². The molecule has 0 amide bonds. The van der Waals surface area contributed by atoms with Gasteiger partial charge in [0.15, 0.2) is 0 Å².